The molecule has 0 bridgehead atoms. The first-order valence-electron chi connectivity index (χ1n) is 5.10. The fourth-order valence-corrected chi connectivity index (χ4v) is 1.66. The Morgan fingerprint density at radius 1 is 1.50 bits per heavy atom. The van der Waals surface area contributed by atoms with Crippen molar-refractivity contribution in [3.63, 3.8) is 0 Å². The van der Waals surface area contributed by atoms with Gasteiger partial charge >= 0.3 is 0 Å². The van der Waals surface area contributed by atoms with Crippen LogP contribution in [0.4, 0.5) is 10.1 Å². The van der Waals surface area contributed by atoms with Crippen molar-refractivity contribution in [1.82, 2.24) is 5.32 Å². The lowest BCUT2D eigenvalue weighted by Crippen LogP contribution is -2.35. The number of hydrogen-bond acceptors (Lipinski definition) is 3. The standard InChI is InChI=1S/C11H13FN2O2/c12-8-3-7(4-9(13)5-8)11(15)14-10-1-2-16-6-10/h3-5,10H,1-2,6,13H2,(H,14,15). The van der Waals surface area contributed by atoms with Crippen molar-refractivity contribution < 1.29 is 13.9 Å². The second kappa shape index (κ2) is 4.49. The average Bonchev–Trinajstić information content (AvgIpc) is 2.68. The van der Waals surface area contributed by atoms with Gasteiger partial charge in [0.1, 0.15) is 5.82 Å². The molecule has 1 heterocycles. The van der Waals surface area contributed by atoms with E-state index in [0.717, 1.165) is 6.42 Å². The zero-order valence-electron chi connectivity index (χ0n) is 8.70. The molecule has 4 nitrogen and oxygen atoms in total. The molecule has 2 rings (SSSR count). The normalized spacial score (nSPS) is 19.7. The highest BCUT2D eigenvalue weighted by molar-refractivity contribution is 5.95. The van der Waals surface area contributed by atoms with E-state index >= 15 is 0 Å². The number of nitrogen functional groups attached to an aromatic ring is 1. The molecule has 86 valence electrons. The molecule has 3 N–H and O–H groups in total. The lowest BCUT2D eigenvalue weighted by molar-refractivity contribution is 0.0929. The highest BCUT2D eigenvalue weighted by Gasteiger charge is 2.18. The van der Waals surface area contributed by atoms with Crippen molar-refractivity contribution in [2.75, 3.05) is 18.9 Å². The number of ether oxygens (including phenoxy) is 1. The highest BCUT2D eigenvalue weighted by Crippen LogP contribution is 2.12. The fraction of sp³-hybridized carbons (Fsp3) is 0.364. The van der Waals surface area contributed by atoms with E-state index < -0.39 is 5.82 Å². The van der Waals surface area contributed by atoms with Crippen molar-refractivity contribution in [2.24, 2.45) is 0 Å². The number of benzene rings is 1. The fourth-order valence-electron chi connectivity index (χ4n) is 1.66. The molecule has 1 fully saturated rings. The van der Waals surface area contributed by atoms with Gasteiger partial charge in [-0.3, -0.25) is 4.79 Å². The van der Waals surface area contributed by atoms with E-state index in [1.54, 1.807) is 0 Å². The van der Waals surface area contributed by atoms with Gasteiger partial charge in [-0.2, -0.15) is 0 Å². The minimum Gasteiger partial charge on any atom is -0.399 e. The zero-order chi connectivity index (χ0) is 11.5. The second-order valence-electron chi connectivity index (χ2n) is 3.81. The Kier molecular flexibility index (Phi) is 3.05. The summed E-state index contributed by atoms with van der Waals surface area (Å²) in [5.41, 5.74) is 5.94. The van der Waals surface area contributed by atoms with E-state index in [-0.39, 0.29) is 23.2 Å². The Morgan fingerprint density at radius 2 is 2.31 bits per heavy atom. The van der Waals surface area contributed by atoms with Crippen LogP contribution in [0.15, 0.2) is 18.2 Å². The Labute approximate surface area is 92.6 Å². The maximum Gasteiger partial charge on any atom is 0.251 e. The summed E-state index contributed by atoms with van der Waals surface area (Å²) in [7, 11) is 0. The first-order chi connectivity index (χ1) is 7.65. The van der Waals surface area contributed by atoms with Gasteiger partial charge in [-0.1, -0.05) is 0 Å². The molecular formula is C11H13FN2O2. The Morgan fingerprint density at radius 3 is 2.94 bits per heavy atom. The lowest BCUT2D eigenvalue weighted by atomic mass is 10.1. The molecule has 1 aromatic carbocycles. The third kappa shape index (κ3) is 2.49. The van der Waals surface area contributed by atoms with Crippen LogP contribution in [0.2, 0.25) is 0 Å². The van der Waals surface area contributed by atoms with Gasteiger partial charge in [-0.15, -0.1) is 0 Å². The molecule has 1 atom stereocenters. The van der Waals surface area contributed by atoms with E-state index in [1.807, 2.05) is 0 Å². The van der Waals surface area contributed by atoms with Crippen LogP contribution in [-0.2, 0) is 4.74 Å². The number of nitrogens with two attached hydrogens (primary N) is 1. The van der Waals surface area contributed by atoms with Crippen molar-refractivity contribution in [1.29, 1.82) is 0 Å². The number of hydrogen-bond donors (Lipinski definition) is 2. The first-order valence-corrected chi connectivity index (χ1v) is 5.10. The van der Waals surface area contributed by atoms with Crippen LogP contribution in [0, 0.1) is 5.82 Å². The van der Waals surface area contributed by atoms with Gasteiger partial charge in [0, 0.05) is 17.9 Å². The molecule has 0 aliphatic carbocycles. The van der Waals surface area contributed by atoms with Crippen molar-refractivity contribution in [2.45, 2.75) is 12.5 Å². The maximum absolute atomic E-state index is 13.0. The van der Waals surface area contributed by atoms with Crippen LogP contribution in [0.3, 0.4) is 0 Å². The summed E-state index contributed by atoms with van der Waals surface area (Å²) in [6.07, 6.45) is 0.788. The van der Waals surface area contributed by atoms with Crippen molar-refractivity contribution >= 4 is 11.6 Å². The van der Waals surface area contributed by atoms with Gasteiger partial charge in [0.2, 0.25) is 0 Å². The molecule has 1 amide bonds. The Hall–Kier alpha value is -1.62. The van der Waals surface area contributed by atoms with Gasteiger partial charge in [-0.25, -0.2) is 4.39 Å². The number of anilines is 1. The summed E-state index contributed by atoms with van der Waals surface area (Å²) in [5, 5.41) is 2.76. The molecule has 1 saturated heterocycles. The van der Waals surface area contributed by atoms with E-state index in [0.29, 0.717) is 13.2 Å². The molecule has 0 spiro atoms. The van der Waals surface area contributed by atoms with Crippen molar-refractivity contribution in [3.05, 3.63) is 29.6 Å². The molecule has 1 aliphatic rings. The first kappa shape index (κ1) is 10.9. The van der Waals surface area contributed by atoms with Crippen molar-refractivity contribution in [3.8, 4) is 0 Å². The van der Waals surface area contributed by atoms with Crippen LogP contribution in [0.1, 0.15) is 16.8 Å². The smallest absolute Gasteiger partial charge is 0.251 e. The Balaban J connectivity index is 2.07. The van der Waals surface area contributed by atoms with Crippen LogP contribution in [-0.4, -0.2) is 25.2 Å². The van der Waals surface area contributed by atoms with Gasteiger partial charge < -0.3 is 15.8 Å². The summed E-state index contributed by atoms with van der Waals surface area (Å²) in [4.78, 5) is 11.7. The second-order valence-corrected chi connectivity index (χ2v) is 3.81. The molecule has 1 aliphatic heterocycles. The SMILES string of the molecule is Nc1cc(F)cc(C(=O)NC2CCOC2)c1. The highest BCUT2D eigenvalue weighted by atomic mass is 19.1. The monoisotopic (exact) mass is 224 g/mol. The van der Waals surface area contributed by atoms with Gasteiger partial charge in [0.25, 0.3) is 5.91 Å². The zero-order valence-corrected chi connectivity index (χ0v) is 8.70. The predicted molar refractivity (Wildman–Crippen MR) is 57.5 cm³/mol. The van der Waals surface area contributed by atoms with Crippen LogP contribution >= 0.6 is 0 Å². The van der Waals surface area contributed by atoms with Crippen LogP contribution in [0.25, 0.3) is 0 Å². The summed E-state index contributed by atoms with van der Waals surface area (Å²) >= 11 is 0. The van der Waals surface area contributed by atoms with E-state index in [2.05, 4.69) is 5.32 Å². The molecule has 0 saturated carbocycles. The summed E-state index contributed by atoms with van der Waals surface area (Å²) in [6, 6.07) is 3.81. The quantitative estimate of drug-likeness (QED) is 0.734. The number of nitrogens with one attached hydrogen (secondary N) is 1. The predicted octanol–water partition coefficient (Wildman–Crippen LogP) is 0.927. The summed E-state index contributed by atoms with van der Waals surface area (Å²) in [6.45, 7) is 1.16. The molecule has 5 heteroatoms. The minimum absolute atomic E-state index is 0.0111. The number of carbonyl (C=O) groups excluding carboxylic acids is 1. The molecule has 1 unspecified atom stereocenters. The Bertz CT molecular complexity index is 383. The minimum atomic E-state index is -0.507. The molecule has 0 radical (unpaired) electrons. The number of halogens is 1. The van der Waals surface area contributed by atoms with E-state index in [4.69, 9.17) is 10.5 Å². The summed E-state index contributed by atoms with van der Waals surface area (Å²) in [5.74, 6) is -0.825. The molecular weight excluding hydrogens is 211 g/mol. The van der Waals surface area contributed by atoms with E-state index in [1.165, 1.54) is 18.2 Å². The number of carbonyl (C=O) groups is 1. The molecule has 0 aromatic heterocycles. The number of amides is 1. The lowest BCUT2D eigenvalue weighted by Gasteiger charge is -2.10. The van der Waals surface area contributed by atoms with Crippen LogP contribution in [0.5, 0.6) is 0 Å². The van der Waals surface area contributed by atoms with Crippen LogP contribution < -0.4 is 11.1 Å². The third-order valence-corrected chi connectivity index (χ3v) is 2.45. The maximum atomic E-state index is 13.0. The average molecular weight is 224 g/mol. The number of rotatable bonds is 2. The molecule has 1 aromatic rings. The molecule has 16 heavy (non-hydrogen) atoms. The topological polar surface area (TPSA) is 64.4 Å². The largest absolute Gasteiger partial charge is 0.399 e. The van der Waals surface area contributed by atoms with Gasteiger partial charge in [-0.05, 0) is 24.6 Å². The summed E-state index contributed by atoms with van der Waals surface area (Å²) < 4.78 is 18.1. The van der Waals surface area contributed by atoms with Gasteiger partial charge in [0.05, 0.1) is 12.6 Å². The van der Waals surface area contributed by atoms with Gasteiger partial charge in [0.15, 0.2) is 0 Å². The van der Waals surface area contributed by atoms with E-state index in [9.17, 15) is 9.18 Å². The third-order valence-electron chi connectivity index (χ3n) is 2.45.